The number of thioether (sulfide) groups is 1. The second-order valence-electron chi connectivity index (χ2n) is 7.91. The first-order valence-electron chi connectivity index (χ1n) is 11.1. The Morgan fingerprint density at radius 1 is 1.09 bits per heavy atom. The van der Waals surface area contributed by atoms with E-state index >= 15 is 0 Å². The second kappa shape index (κ2) is 10.7. The van der Waals surface area contributed by atoms with Crippen LogP contribution in [0.2, 0.25) is 0 Å². The molecule has 34 heavy (non-hydrogen) atoms. The maximum atomic E-state index is 13.4. The number of likely N-dealkylation sites (tertiary alicyclic amines) is 1. The number of nitrogens with zero attached hydrogens (tertiary/aromatic N) is 2. The molecule has 0 spiro atoms. The lowest BCUT2D eigenvalue weighted by Gasteiger charge is -2.18. The maximum Gasteiger partial charge on any atom is 0.294 e. The highest BCUT2D eigenvalue weighted by atomic mass is 32.2. The zero-order chi connectivity index (χ0) is 24.1. The zero-order valence-corrected chi connectivity index (χ0v) is 19.6. The number of hydrogen-bond donors (Lipinski definition) is 0. The van der Waals surface area contributed by atoms with E-state index in [-0.39, 0.29) is 29.8 Å². The van der Waals surface area contributed by atoms with Crippen molar-refractivity contribution in [2.24, 2.45) is 0 Å². The van der Waals surface area contributed by atoms with Crippen molar-refractivity contribution in [3.8, 4) is 11.5 Å². The van der Waals surface area contributed by atoms with E-state index in [0.29, 0.717) is 42.3 Å². The van der Waals surface area contributed by atoms with Crippen LogP contribution in [0.25, 0.3) is 6.08 Å². The van der Waals surface area contributed by atoms with Gasteiger partial charge in [0.2, 0.25) is 5.91 Å². The average molecular weight is 485 g/mol. The van der Waals surface area contributed by atoms with Crippen molar-refractivity contribution in [1.82, 2.24) is 9.80 Å². The SMILES string of the molecule is CCOc1cc(C=C2SC(=O)N(CC(=O)N3CCCC3)C2=O)ccc1OCc1cccc(F)c1. The van der Waals surface area contributed by atoms with Gasteiger partial charge < -0.3 is 14.4 Å². The summed E-state index contributed by atoms with van der Waals surface area (Å²) in [6.07, 6.45) is 3.49. The predicted octanol–water partition coefficient (Wildman–Crippen LogP) is 4.46. The number of ether oxygens (including phenoxy) is 2. The molecule has 2 aliphatic rings. The van der Waals surface area contributed by atoms with Gasteiger partial charge in [-0.15, -0.1) is 0 Å². The van der Waals surface area contributed by atoms with Crippen molar-refractivity contribution in [2.75, 3.05) is 26.2 Å². The second-order valence-corrected chi connectivity index (χ2v) is 8.91. The van der Waals surface area contributed by atoms with E-state index in [0.717, 1.165) is 29.5 Å². The molecule has 2 aromatic carbocycles. The van der Waals surface area contributed by atoms with Crippen LogP contribution in [0.1, 0.15) is 30.9 Å². The van der Waals surface area contributed by atoms with Crippen LogP contribution in [0.15, 0.2) is 47.4 Å². The van der Waals surface area contributed by atoms with Gasteiger partial charge in [-0.3, -0.25) is 19.3 Å². The van der Waals surface area contributed by atoms with Gasteiger partial charge in [0, 0.05) is 13.1 Å². The van der Waals surface area contributed by atoms with Crippen LogP contribution >= 0.6 is 11.8 Å². The fourth-order valence-electron chi connectivity index (χ4n) is 3.78. The molecule has 2 heterocycles. The van der Waals surface area contributed by atoms with E-state index < -0.39 is 11.1 Å². The molecule has 0 atom stereocenters. The van der Waals surface area contributed by atoms with Crippen LogP contribution < -0.4 is 9.47 Å². The smallest absolute Gasteiger partial charge is 0.294 e. The van der Waals surface area contributed by atoms with Gasteiger partial charge >= 0.3 is 0 Å². The molecule has 178 valence electrons. The van der Waals surface area contributed by atoms with Gasteiger partial charge in [0.25, 0.3) is 11.1 Å². The first-order valence-corrected chi connectivity index (χ1v) is 11.9. The number of benzene rings is 2. The molecular formula is C25H25FN2O5S. The molecule has 2 fully saturated rings. The van der Waals surface area contributed by atoms with Crippen molar-refractivity contribution in [3.05, 3.63) is 64.3 Å². The molecule has 0 saturated carbocycles. The molecule has 0 N–H and O–H groups in total. The number of amides is 3. The van der Waals surface area contributed by atoms with Crippen molar-refractivity contribution >= 4 is 34.9 Å². The van der Waals surface area contributed by atoms with Crippen LogP contribution in [0.4, 0.5) is 9.18 Å². The van der Waals surface area contributed by atoms with Crippen LogP contribution in [0.5, 0.6) is 11.5 Å². The zero-order valence-electron chi connectivity index (χ0n) is 18.8. The summed E-state index contributed by atoms with van der Waals surface area (Å²) in [5, 5.41) is -0.455. The van der Waals surface area contributed by atoms with Gasteiger partial charge in [-0.2, -0.15) is 0 Å². The van der Waals surface area contributed by atoms with E-state index in [2.05, 4.69) is 0 Å². The number of halogens is 1. The van der Waals surface area contributed by atoms with Crippen LogP contribution in [0, 0.1) is 5.82 Å². The summed E-state index contributed by atoms with van der Waals surface area (Å²) in [6, 6.07) is 11.3. The molecule has 0 unspecified atom stereocenters. The molecule has 2 aromatic rings. The Morgan fingerprint density at radius 2 is 1.88 bits per heavy atom. The van der Waals surface area contributed by atoms with Gasteiger partial charge in [0.1, 0.15) is 19.0 Å². The molecule has 2 aliphatic heterocycles. The Labute approximate surface area is 201 Å². The maximum absolute atomic E-state index is 13.4. The highest BCUT2D eigenvalue weighted by Gasteiger charge is 2.37. The molecule has 2 saturated heterocycles. The number of rotatable bonds is 8. The summed E-state index contributed by atoms with van der Waals surface area (Å²) < 4.78 is 24.9. The van der Waals surface area contributed by atoms with Crippen LogP contribution in [-0.4, -0.2) is 53.1 Å². The minimum absolute atomic E-state index is 0.168. The first-order chi connectivity index (χ1) is 16.4. The summed E-state index contributed by atoms with van der Waals surface area (Å²) in [6.45, 7) is 3.50. The number of hydrogen-bond acceptors (Lipinski definition) is 6. The van der Waals surface area contributed by atoms with E-state index in [1.165, 1.54) is 12.1 Å². The van der Waals surface area contributed by atoms with Crippen molar-refractivity contribution in [2.45, 2.75) is 26.4 Å². The monoisotopic (exact) mass is 484 g/mol. The molecule has 3 amide bonds. The number of carbonyl (C=O) groups is 3. The Balaban J connectivity index is 1.47. The molecule has 7 nitrogen and oxygen atoms in total. The number of imide groups is 1. The average Bonchev–Trinajstić information content (AvgIpc) is 3.44. The third-order valence-electron chi connectivity index (χ3n) is 5.47. The quantitative estimate of drug-likeness (QED) is 0.515. The summed E-state index contributed by atoms with van der Waals surface area (Å²) in [7, 11) is 0. The van der Waals surface area contributed by atoms with Gasteiger partial charge in [0.15, 0.2) is 11.5 Å². The minimum atomic E-state index is -0.480. The molecule has 0 aromatic heterocycles. The Morgan fingerprint density at radius 3 is 2.62 bits per heavy atom. The Bertz CT molecular complexity index is 1130. The van der Waals surface area contributed by atoms with Gasteiger partial charge in [-0.05, 0) is 73.0 Å². The molecule has 0 bridgehead atoms. The van der Waals surface area contributed by atoms with Gasteiger partial charge in [0.05, 0.1) is 11.5 Å². The van der Waals surface area contributed by atoms with E-state index in [4.69, 9.17) is 9.47 Å². The van der Waals surface area contributed by atoms with Gasteiger partial charge in [-0.25, -0.2) is 4.39 Å². The van der Waals surface area contributed by atoms with Gasteiger partial charge in [-0.1, -0.05) is 18.2 Å². The third kappa shape index (κ3) is 5.59. The predicted molar refractivity (Wildman–Crippen MR) is 127 cm³/mol. The fourth-order valence-corrected chi connectivity index (χ4v) is 4.62. The molecule has 0 radical (unpaired) electrons. The highest BCUT2D eigenvalue weighted by molar-refractivity contribution is 8.18. The lowest BCUT2D eigenvalue weighted by atomic mass is 10.1. The lowest BCUT2D eigenvalue weighted by Crippen LogP contribution is -2.40. The summed E-state index contributed by atoms with van der Waals surface area (Å²) in [5.41, 5.74) is 1.33. The van der Waals surface area contributed by atoms with Crippen LogP contribution in [-0.2, 0) is 16.2 Å². The fraction of sp³-hybridized carbons (Fsp3) is 0.320. The summed E-state index contributed by atoms with van der Waals surface area (Å²) >= 11 is 0.814. The van der Waals surface area contributed by atoms with Crippen molar-refractivity contribution < 1.29 is 28.2 Å². The minimum Gasteiger partial charge on any atom is -0.490 e. The molecule has 9 heteroatoms. The Kier molecular flexibility index (Phi) is 7.52. The Hall–Kier alpha value is -3.33. The first kappa shape index (κ1) is 23.8. The standard InChI is InChI=1S/C25H25FN2O5S/c1-2-32-21-13-17(8-9-20(21)33-16-18-6-5-7-19(26)12-18)14-22-24(30)28(25(31)34-22)15-23(29)27-10-3-4-11-27/h5-9,12-14H,2-4,10-11,15-16H2,1H3. The topological polar surface area (TPSA) is 76.2 Å². The molecule has 4 rings (SSSR count). The lowest BCUT2D eigenvalue weighted by molar-refractivity contribution is -0.135. The third-order valence-corrected chi connectivity index (χ3v) is 6.38. The highest BCUT2D eigenvalue weighted by Crippen LogP contribution is 2.35. The van der Waals surface area contributed by atoms with Crippen LogP contribution in [0.3, 0.4) is 0 Å². The molecular weight excluding hydrogens is 459 g/mol. The molecule has 0 aliphatic carbocycles. The summed E-state index contributed by atoms with van der Waals surface area (Å²) in [5.74, 6) is -0.0763. The van der Waals surface area contributed by atoms with E-state index in [1.807, 2.05) is 6.92 Å². The van der Waals surface area contributed by atoms with Crippen molar-refractivity contribution in [1.29, 1.82) is 0 Å². The summed E-state index contributed by atoms with van der Waals surface area (Å²) in [4.78, 5) is 40.5. The van der Waals surface area contributed by atoms with Crippen molar-refractivity contribution in [3.63, 3.8) is 0 Å². The number of carbonyl (C=O) groups excluding carboxylic acids is 3. The van der Waals surface area contributed by atoms with E-state index in [1.54, 1.807) is 41.3 Å². The van der Waals surface area contributed by atoms with E-state index in [9.17, 15) is 18.8 Å². The normalized spacial score (nSPS) is 17.1. The largest absolute Gasteiger partial charge is 0.490 e.